The van der Waals surface area contributed by atoms with Crippen LogP contribution >= 0.6 is 23.2 Å². The van der Waals surface area contributed by atoms with E-state index in [4.69, 9.17) is 23.2 Å². The zero-order valence-corrected chi connectivity index (χ0v) is 16.1. The molecule has 0 unspecified atom stereocenters. The molecule has 1 aliphatic heterocycles. The summed E-state index contributed by atoms with van der Waals surface area (Å²) in [5, 5.41) is 19.2. The number of phenolic OH excluding ortho intramolecular Hbond substituents is 2. The molecule has 0 atom stereocenters. The highest BCUT2D eigenvalue weighted by Crippen LogP contribution is 2.29. The SMILES string of the molecule is O=C1/C(=C/c2ccc(O)c(Cl)c2)CS(=O)(=O)C/C1=C/c1ccc(O)c(Cl)c1. The maximum Gasteiger partial charge on any atom is 0.187 e. The summed E-state index contributed by atoms with van der Waals surface area (Å²) in [5.74, 6) is -1.36. The predicted molar refractivity (Wildman–Crippen MR) is 106 cm³/mol. The van der Waals surface area contributed by atoms with Gasteiger partial charge < -0.3 is 10.2 Å². The smallest absolute Gasteiger partial charge is 0.187 e. The van der Waals surface area contributed by atoms with Crippen molar-refractivity contribution >= 4 is 51.0 Å². The Hall–Kier alpha value is -2.28. The van der Waals surface area contributed by atoms with Crippen LogP contribution in [0.15, 0.2) is 47.5 Å². The molecule has 8 heteroatoms. The largest absolute Gasteiger partial charge is 0.506 e. The monoisotopic (exact) mass is 424 g/mol. The zero-order valence-electron chi connectivity index (χ0n) is 13.8. The van der Waals surface area contributed by atoms with Gasteiger partial charge in [0.2, 0.25) is 0 Å². The van der Waals surface area contributed by atoms with Gasteiger partial charge in [-0.15, -0.1) is 0 Å². The van der Waals surface area contributed by atoms with E-state index in [0.29, 0.717) is 11.1 Å². The van der Waals surface area contributed by atoms with Crippen molar-refractivity contribution in [3.63, 3.8) is 0 Å². The molecule has 140 valence electrons. The Labute approximate surface area is 166 Å². The van der Waals surface area contributed by atoms with Gasteiger partial charge in [0, 0.05) is 11.1 Å². The van der Waals surface area contributed by atoms with E-state index in [2.05, 4.69) is 0 Å². The van der Waals surface area contributed by atoms with Crippen molar-refractivity contribution in [2.24, 2.45) is 0 Å². The van der Waals surface area contributed by atoms with Crippen LogP contribution in [0.2, 0.25) is 10.0 Å². The maximum absolute atomic E-state index is 12.8. The fourth-order valence-corrected chi connectivity index (χ4v) is 4.56. The third kappa shape index (κ3) is 4.53. The molecule has 0 saturated carbocycles. The van der Waals surface area contributed by atoms with Crippen molar-refractivity contribution in [3.05, 3.63) is 68.7 Å². The molecule has 3 rings (SSSR count). The quantitative estimate of drug-likeness (QED) is 0.713. The van der Waals surface area contributed by atoms with Gasteiger partial charge >= 0.3 is 0 Å². The Morgan fingerprint density at radius 2 is 1.22 bits per heavy atom. The second-order valence-electron chi connectivity index (χ2n) is 6.12. The molecule has 27 heavy (non-hydrogen) atoms. The van der Waals surface area contributed by atoms with Gasteiger partial charge in [-0.25, -0.2) is 8.42 Å². The molecule has 0 spiro atoms. The number of halogens is 2. The fraction of sp³-hybridized carbons (Fsp3) is 0.105. The second-order valence-corrected chi connectivity index (χ2v) is 9.00. The number of carbonyl (C=O) groups excluding carboxylic acids is 1. The zero-order chi connectivity index (χ0) is 19.8. The number of hydrogen-bond acceptors (Lipinski definition) is 5. The number of ketones is 1. The first-order chi connectivity index (χ1) is 12.6. The first-order valence-corrected chi connectivity index (χ1v) is 10.4. The number of rotatable bonds is 2. The van der Waals surface area contributed by atoms with Crippen molar-refractivity contribution in [1.29, 1.82) is 0 Å². The van der Waals surface area contributed by atoms with Crippen LogP contribution in [0.1, 0.15) is 11.1 Å². The van der Waals surface area contributed by atoms with E-state index in [1.807, 2.05) is 0 Å². The number of sulfone groups is 1. The van der Waals surface area contributed by atoms with Gasteiger partial charge in [-0.2, -0.15) is 0 Å². The number of carbonyl (C=O) groups is 1. The molecule has 1 fully saturated rings. The summed E-state index contributed by atoms with van der Waals surface area (Å²) < 4.78 is 24.5. The highest BCUT2D eigenvalue weighted by atomic mass is 35.5. The second kappa shape index (κ2) is 7.38. The molecule has 5 nitrogen and oxygen atoms in total. The summed E-state index contributed by atoms with van der Waals surface area (Å²) >= 11 is 11.7. The first-order valence-electron chi connectivity index (χ1n) is 7.78. The molecule has 0 radical (unpaired) electrons. The summed E-state index contributed by atoms with van der Waals surface area (Å²) in [6.45, 7) is 0. The lowest BCUT2D eigenvalue weighted by Crippen LogP contribution is -2.28. The van der Waals surface area contributed by atoms with E-state index in [1.54, 1.807) is 0 Å². The lowest BCUT2D eigenvalue weighted by atomic mass is 10.0. The molecule has 2 N–H and O–H groups in total. The van der Waals surface area contributed by atoms with Gasteiger partial charge in [-0.1, -0.05) is 35.3 Å². The lowest BCUT2D eigenvalue weighted by Gasteiger charge is -2.17. The predicted octanol–water partition coefficient (Wildman–Crippen LogP) is 3.87. The van der Waals surface area contributed by atoms with Crippen molar-refractivity contribution in [2.75, 3.05) is 11.5 Å². The normalized spacial score (nSPS) is 19.6. The molecule has 1 saturated heterocycles. The van der Waals surface area contributed by atoms with Crippen molar-refractivity contribution in [1.82, 2.24) is 0 Å². The van der Waals surface area contributed by atoms with Crippen LogP contribution in [0.5, 0.6) is 11.5 Å². The van der Waals surface area contributed by atoms with Crippen molar-refractivity contribution < 1.29 is 23.4 Å². The van der Waals surface area contributed by atoms with E-state index in [9.17, 15) is 23.4 Å². The number of aromatic hydroxyl groups is 2. The van der Waals surface area contributed by atoms with Crippen molar-refractivity contribution in [2.45, 2.75) is 0 Å². The third-order valence-corrected chi connectivity index (χ3v) is 6.07. The van der Waals surface area contributed by atoms with Crippen LogP contribution in [0.25, 0.3) is 12.2 Å². The molecule has 0 aliphatic carbocycles. The molecular formula is C19H14Cl2O5S. The first kappa shape index (κ1) is 19.5. The summed E-state index contributed by atoms with van der Waals surface area (Å²) in [6.07, 6.45) is 2.89. The van der Waals surface area contributed by atoms with Crippen LogP contribution in [-0.2, 0) is 14.6 Å². The molecular weight excluding hydrogens is 411 g/mol. The highest BCUT2D eigenvalue weighted by molar-refractivity contribution is 7.92. The summed E-state index contributed by atoms with van der Waals surface area (Å²) in [5.41, 5.74) is 1.23. The van der Waals surface area contributed by atoms with E-state index in [-0.39, 0.29) is 44.2 Å². The van der Waals surface area contributed by atoms with Gasteiger partial charge in [0.1, 0.15) is 11.5 Å². The third-order valence-electron chi connectivity index (χ3n) is 3.96. The summed E-state index contributed by atoms with van der Waals surface area (Å²) in [6, 6.07) is 8.69. The molecule has 0 amide bonds. The van der Waals surface area contributed by atoms with E-state index >= 15 is 0 Å². The average molecular weight is 425 g/mol. The average Bonchev–Trinajstić information content (AvgIpc) is 2.58. The van der Waals surface area contributed by atoms with E-state index in [0.717, 1.165) is 0 Å². The van der Waals surface area contributed by atoms with Crippen LogP contribution in [0, 0.1) is 0 Å². The van der Waals surface area contributed by atoms with Gasteiger partial charge in [0.15, 0.2) is 15.6 Å². The Morgan fingerprint density at radius 3 is 1.59 bits per heavy atom. The van der Waals surface area contributed by atoms with Crippen LogP contribution in [-0.4, -0.2) is 35.9 Å². The van der Waals surface area contributed by atoms with Gasteiger partial charge in [0.05, 0.1) is 21.6 Å². The molecule has 1 heterocycles. The van der Waals surface area contributed by atoms with Gasteiger partial charge in [-0.3, -0.25) is 4.79 Å². The molecule has 2 aromatic rings. The van der Waals surface area contributed by atoms with Crippen LogP contribution in [0.3, 0.4) is 0 Å². The van der Waals surface area contributed by atoms with E-state index < -0.39 is 15.6 Å². The van der Waals surface area contributed by atoms with Crippen LogP contribution < -0.4 is 0 Å². The molecule has 0 aromatic heterocycles. The number of benzene rings is 2. The molecule has 2 aromatic carbocycles. The topological polar surface area (TPSA) is 91.7 Å². The van der Waals surface area contributed by atoms with Crippen LogP contribution in [0.4, 0.5) is 0 Å². The Balaban J connectivity index is 2.02. The fourth-order valence-electron chi connectivity index (χ4n) is 2.70. The standard InChI is InChI=1S/C19H14Cl2O5S/c20-15-7-11(1-3-17(15)22)5-13-9-27(25,26)10-14(19(13)24)6-12-2-4-18(23)16(21)8-12/h1-8,22-23H,9-10H2/b13-5-,14-6+. The van der Waals surface area contributed by atoms with Gasteiger partial charge in [0.25, 0.3) is 0 Å². The molecule has 0 bridgehead atoms. The van der Waals surface area contributed by atoms with Crippen molar-refractivity contribution in [3.8, 4) is 11.5 Å². The minimum atomic E-state index is -3.51. The van der Waals surface area contributed by atoms with E-state index in [1.165, 1.54) is 48.6 Å². The summed E-state index contributed by atoms with van der Waals surface area (Å²) in [7, 11) is -3.51. The highest BCUT2D eigenvalue weighted by Gasteiger charge is 2.30. The molecule has 1 aliphatic rings. The Kier molecular flexibility index (Phi) is 5.33. The number of phenols is 2. The number of Topliss-reactive ketones (excluding diaryl/α,β-unsaturated/α-hetero) is 1. The number of hydrogen-bond donors (Lipinski definition) is 2. The minimum absolute atomic E-state index is 0.102. The minimum Gasteiger partial charge on any atom is -0.506 e. The maximum atomic E-state index is 12.8. The Bertz CT molecular complexity index is 1020. The summed E-state index contributed by atoms with van der Waals surface area (Å²) in [4.78, 5) is 12.8. The lowest BCUT2D eigenvalue weighted by molar-refractivity contribution is -0.112. The Morgan fingerprint density at radius 1 is 0.815 bits per heavy atom. The van der Waals surface area contributed by atoms with Gasteiger partial charge in [-0.05, 0) is 47.5 Å².